The summed E-state index contributed by atoms with van der Waals surface area (Å²) in [7, 11) is 0. The van der Waals surface area contributed by atoms with E-state index in [-0.39, 0.29) is 19.3 Å². The van der Waals surface area contributed by atoms with Crippen molar-refractivity contribution in [3.8, 4) is 0 Å². The molecule has 4 amide bonds. The number of aliphatic hydroxyl groups is 1. The highest BCUT2D eigenvalue weighted by Gasteiger charge is 2.32. The maximum atomic E-state index is 12.8. The fraction of sp³-hybridized carbons (Fsp3) is 0.684. The van der Waals surface area contributed by atoms with Gasteiger partial charge in [0.25, 0.3) is 0 Å². The number of carboxylic acid groups (broad SMARTS) is 2. The molecule has 0 aliphatic heterocycles. The molecule has 0 aliphatic rings. The molecule has 5 atom stereocenters. The Hall–Kier alpha value is -2.91. The first kappa shape index (κ1) is 31.1. The van der Waals surface area contributed by atoms with Crippen molar-refractivity contribution in [3.05, 3.63) is 0 Å². The first-order valence-electron chi connectivity index (χ1n) is 10.4. The van der Waals surface area contributed by atoms with Gasteiger partial charge >= 0.3 is 11.9 Å². The van der Waals surface area contributed by atoms with E-state index in [1.165, 1.54) is 18.7 Å². The largest absolute Gasteiger partial charge is 0.481 e. The third-order valence-corrected chi connectivity index (χ3v) is 5.25. The summed E-state index contributed by atoms with van der Waals surface area (Å²) in [6.07, 6.45) is -0.644. The molecule has 0 spiro atoms. The number of hydrogen-bond acceptors (Lipinski definition) is 9. The van der Waals surface area contributed by atoms with Crippen LogP contribution in [0, 0.1) is 0 Å². The molecular weight excluding hydrogens is 474 g/mol. The Morgan fingerprint density at radius 3 is 1.91 bits per heavy atom. The molecule has 0 aromatic carbocycles. The number of carbonyl (C=O) groups is 6. The third kappa shape index (κ3) is 12.4. The fourth-order valence-electron chi connectivity index (χ4n) is 2.66. The van der Waals surface area contributed by atoms with Crippen LogP contribution in [0.4, 0.5) is 0 Å². The molecule has 0 rings (SSSR count). The summed E-state index contributed by atoms with van der Waals surface area (Å²) in [5.74, 6) is -5.55. The molecule has 15 heteroatoms. The molecule has 0 heterocycles. The van der Waals surface area contributed by atoms with Crippen LogP contribution in [-0.2, 0) is 28.8 Å². The van der Waals surface area contributed by atoms with E-state index in [0.29, 0.717) is 5.75 Å². The second-order valence-corrected chi connectivity index (χ2v) is 8.50. The smallest absolute Gasteiger partial charge is 0.326 e. The lowest BCUT2D eigenvalue weighted by atomic mass is 10.1. The van der Waals surface area contributed by atoms with Crippen molar-refractivity contribution in [1.82, 2.24) is 16.0 Å². The number of rotatable bonds is 17. The summed E-state index contributed by atoms with van der Waals surface area (Å²) in [5, 5.41) is 34.7. The number of nitrogens with two attached hydrogens (primary N) is 2. The molecule has 194 valence electrons. The first-order valence-corrected chi connectivity index (χ1v) is 11.8. The lowest BCUT2D eigenvalue weighted by Crippen LogP contribution is -2.60. The summed E-state index contributed by atoms with van der Waals surface area (Å²) in [4.78, 5) is 70.6. The fourth-order valence-corrected chi connectivity index (χ4v) is 3.13. The zero-order chi connectivity index (χ0) is 26.4. The summed E-state index contributed by atoms with van der Waals surface area (Å²) < 4.78 is 0. The molecule has 34 heavy (non-hydrogen) atoms. The van der Waals surface area contributed by atoms with Crippen LogP contribution in [0.3, 0.4) is 0 Å². The lowest BCUT2D eigenvalue weighted by Gasteiger charge is -2.26. The molecule has 0 fully saturated rings. The second-order valence-electron chi connectivity index (χ2n) is 7.51. The van der Waals surface area contributed by atoms with Crippen molar-refractivity contribution >= 4 is 47.3 Å². The quantitative estimate of drug-likeness (QED) is 0.0992. The van der Waals surface area contributed by atoms with Gasteiger partial charge in [0.15, 0.2) is 0 Å². The minimum absolute atomic E-state index is 0.0380. The summed E-state index contributed by atoms with van der Waals surface area (Å²) in [6.45, 7) is 1.19. The Morgan fingerprint density at radius 2 is 1.44 bits per heavy atom. The minimum Gasteiger partial charge on any atom is -0.481 e. The molecule has 10 N–H and O–H groups in total. The number of primary amides is 1. The highest BCUT2D eigenvalue weighted by atomic mass is 32.2. The topological polar surface area (TPSA) is 251 Å². The van der Waals surface area contributed by atoms with Crippen LogP contribution in [0.5, 0.6) is 0 Å². The van der Waals surface area contributed by atoms with Crippen molar-refractivity contribution in [2.75, 3.05) is 12.0 Å². The van der Waals surface area contributed by atoms with E-state index in [1.807, 2.05) is 0 Å². The first-order chi connectivity index (χ1) is 15.8. The number of amides is 4. The van der Waals surface area contributed by atoms with Gasteiger partial charge in [0.2, 0.25) is 23.6 Å². The molecule has 0 saturated heterocycles. The molecule has 0 radical (unpaired) electrons. The maximum absolute atomic E-state index is 12.8. The predicted octanol–water partition coefficient (Wildman–Crippen LogP) is -2.88. The van der Waals surface area contributed by atoms with E-state index in [0.717, 1.165) is 0 Å². The van der Waals surface area contributed by atoms with Gasteiger partial charge < -0.3 is 42.7 Å². The molecule has 0 aliphatic carbocycles. The van der Waals surface area contributed by atoms with Gasteiger partial charge in [-0.1, -0.05) is 0 Å². The van der Waals surface area contributed by atoms with E-state index in [1.54, 1.807) is 6.26 Å². The molecule has 5 unspecified atom stereocenters. The van der Waals surface area contributed by atoms with Gasteiger partial charge in [-0.05, 0) is 38.2 Å². The van der Waals surface area contributed by atoms with Gasteiger partial charge in [-0.3, -0.25) is 24.0 Å². The molecular formula is C19H33N5O9S. The van der Waals surface area contributed by atoms with Crippen molar-refractivity contribution in [2.45, 2.75) is 69.3 Å². The highest BCUT2D eigenvalue weighted by molar-refractivity contribution is 7.98. The van der Waals surface area contributed by atoms with E-state index in [2.05, 4.69) is 16.0 Å². The van der Waals surface area contributed by atoms with E-state index >= 15 is 0 Å². The number of carbonyl (C=O) groups excluding carboxylic acids is 4. The number of hydrogen-bond donors (Lipinski definition) is 8. The zero-order valence-electron chi connectivity index (χ0n) is 19.0. The Labute approximate surface area is 200 Å². The lowest BCUT2D eigenvalue weighted by molar-refractivity contribution is -0.144. The number of nitrogens with one attached hydrogen (secondary N) is 3. The van der Waals surface area contributed by atoms with Crippen LogP contribution < -0.4 is 27.4 Å². The summed E-state index contributed by atoms with van der Waals surface area (Å²) in [5.41, 5.74) is 10.7. The van der Waals surface area contributed by atoms with Gasteiger partial charge in [0.1, 0.15) is 18.1 Å². The maximum Gasteiger partial charge on any atom is 0.326 e. The molecule has 0 bridgehead atoms. The molecule has 0 saturated carbocycles. The molecule has 0 aromatic rings. The minimum atomic E-state index is -1.59. The van der Waals surface area contributed by atoms with Crippen molar-refractivity contribution in [1.29, 1.82) is 0 Å². The highest BCUT2D eigenvalue weighted by Crippen LogP contribution is 2.06. The van der Waals surface area contributed by atoms with E-state index < -0.39 is 78.7 Å². The van der Waals surface area contributed by atoms with Crippen LogP contribution in [0.25, 0.3) is 0 Å². The normalized spacial score (nSPS) is 15.2. The van der Waals surface area contributed by atoms with Crippen LogP contribution in [0.2, 0.25) is 0 Å². The van der Waals surface area contributed by atoms with Crippen LogP contribution >= 0.6 is 11.8 Å². The van der Waals surface area contributed by atoms with E-state index in [9.17, 15) is 39.0 Å². The summed E-state index contributed by atoms with van der Waals surface area (Å²) in [6, 6.07) is -5.40. The van der Waals surface area contributed by atoms with Gasteiger partial charge in [-0.25, -0.2) is 4.79 Å². The Kier molecular flexibility index (Phi) is 14.5. The standard InChI is InChI=1S/C19H33N5O9S/c1-9(25)15(18(31)23-12(19(32)33)4-6-14(27)28)24-17(30)11(7-8-34-2)22-16(29)10(20)3-5-13(21)26/h9-12,15,25H,3-8,20H2,1-2H3,(H2,21,26)(H,22,29)(H,23,31)(H,24,30)(H,27,28)(H,32,33). The number of thioether (sulfide) groups is 1. The van der Waals surface area contributed by atoms with E-state index in [4.69, 9.17) is 16.6 Å². The van der Waals surface area contributed by atoms with Gasteiger partial charge in [0, 0.05) is 12.8 Å². The number of aliphatic carboxylic acids is 2. The van der Waals surface area contributed by atoms with Gasteiger partial charge in [-0.2, -0.15) is 11.8 Å². The van der Waals surface area contributed by atoms with Gasteiger partial charge in [0.05, 0.1) is 12.1 Å². The average molecular weight is 508 g/mol. The van der Waals surface area contributed by atoms with Crippen molar-refractivity contribution in [2.24, 2.45) is 11.5 Å². The second kappa shape index (κ2) is 15.8. The van der Waals surface area contributed by atoms with Crippen molar-refractivity contribution < 1.29 is 44.1 Å². The van der Waals surface area contributed by atoms with Crippen LogP contribution in [0.1, 0.15) is 39.0 Å². The zero-order valence-corrected chi connectivity index (χ0v) is 19.8. The number of carboxylic acids is 2. The van der Waals surface area contributed by atoms with Crippen LogP contribution in [-0.4, -0.2) is 93.2 Å². The van der Waals surface area contributed by atoms with Gasteiger partial charge in [-0.15, -0.1) is 0 Å². The third-order valence-electron chi connectivity index (χ3n) is 4.61. The van der Waals surface area contributed by atoms with Crippen LogP contribution in [0.15, 0.2) is 0 Å². The monoisotopic (exact) mass is 507 g/mol. The summed E-state index contributed by atoms with van der Waals surface area (Å²) >= 11 is 1.38. The van der Waals surface area contributed by atoms with Crippen molar-refractivity contribution in [3.63, 3.8) is 0 Å². The SMILES string of the molecule is CSCCC(NC(=O)C(N)CCC(N)=O)C(=O)NC(C(=O)NC(CCC(=O)O)C(=O)O)C(C)O. The Balaban J connectivity index is 5.36. The Morgan fingerprint density at radius 1 is 0.853 bits per heavy atom. The molecule has 14 nitrogen and oxygen atoms in total. The molecule has 0 aromatic heterocycles. The number of aliphatic hydroxyl groups excluding tert-OH is 1. The predicted molar refractivity (Wildman–Crippen MR) is 121 cm³/mol. The Bertz CT molecular complexity index is 750. The average Bonchev–Trinajstić information content (AvgIpc) is 2.74.